The fourth-order valence-electron chi connectivity index (χ4n) is 1.75. The van der Waals surface area contributed by atoms with Crippen LogP contribution in [0.3, 0.4) is 0 Å². The van der Waals surface area contributed by atoms with Gasteiger partial charge in [-0.2, -0.15) is 0 Å². The molecule has 0 saturated carbocycles. The van der Waals surface area contributed by atoms with Crippen LogP contribution in [0.15, 0.2) is 47.6 Å². The monoisotopic (exact) mass is 194 g/mol. The zero-order valence-corrected chi connectivity index (χ0v) is 7.79. The molecule has 0 aromatic rings. The van der Waals surface area contributed by atoms with Gasteiger partial charge in [0, 0.05) is 12.8 Å². The Morgan fingerprint density at radius 3 is 1.64 bits per heavy atom. The number of halogens is 2. The van der Waals surface area contributed by atoms with Crippen LogP contribution in [0.4, 0.5) is 8.78 Å². The summed E-state index contributed by atoms with van der Waals surface area (Å²) in [6, 6.07) is 0. The second-order valence-corrected chi connectivity index (χ2v) is 3.59. The van der Waals surface area contributed by atoms with Gasteiger partial charge in [0.25, 0.3) is 0 Å². The maximum Gasteiger partial charge on any atom is 0.123 e. The van der Waals surface area contributed by atoms with Gasteiger partial charge >= 0.3 is 0 Å². The van der Waals surface area contributed by atoms with Crippen molar-refractivity contribution in [2.45, 2.75) is 25.2 Å². The molecule has 0 aromatic carbocycles. The topological polar surface area (TPSA) is 0 Å². The zero-order chi connectivity index (χ0) is 9.97. The molecule has 0 N–H and O–H groups in total. The van der Waals surface area contributed by atoms with Gasteiger partial charge in [-0.15, -0.1) is 0 Å². The van der Waals surface area contributed by atoms with Gasteiger partial charge in [0.05, 0.1) is 0 Å². The summed E-state index contributed by atoms with van der Waals surface area (Å²) in [5, 5.41) is 0. The molecule has 0 saturated heterocycles. The largest absolute Gasteiger partial charge is 0.243 e. The number of allylic oxidation sites excluding steroid dienone is 8. The minimum Gasteiger partial charge on any atom is -0.243 e. The quantitative estimate of drug-likeness (QED) is 0.599. The number of rotatable bonds is 1. The average molecular weight is 194 g/mol. The molecule has 0 spiro atoms. The lowest BCUT2D eigenvalue weighted by Crippen LogP contribution is -2.08. The maximum atomic E-state index is 13.0. The summed E-state index contributed by atoms with van der Waals surface area (Å²) in [6.07, 6.45) is 9.12. The first kappa shape index (κ1) is 9.38. The highest BCUT2D eigenvalue weighted by Crippen LogP contribution is 2.28. The normalized spacial score (nSPS) is 31.3. The molecular formula is C12H12F2. The predicted octanol–water partition coefficient (Wildman–Crippen LogP) is 3.44. The molecule has 0 aliphatic heterocycles. The summed E-state index contributed by atoms with van der Waals surface area (Å²) in [5.41, 5.74) is 1.85. The van der Waals surface area contributed by atoms with Crippen molar-refractivity contribution in [2.24, 2.45) is 0 Å². The Kier molecular flexibility index (Phi) is 2.62. The maximum absolute atomic E-state index is 13.0. The summed E-state index contributed by atoms with van der Waals surface area (Å²) >= 11 is 0. The molecule has 2 aliphatic rings. The van der Waals surface area contributed by atoms with Crippen LogP contribution in [0.1, 0.15) is 12.8 Å². The highest BCUT2D eigenvalue weighted by Gasteiger charge is 2.17. The van der Waals surface area contributed by atoms with Crippen molar-refractivity contribution in [3.05, 3.63) is 47.6 Å². The van der Waals surface area contributed by atoms with Crippen molar-refractivity contribution < 1.29 is 8.78 Å². The Labute approximate surface area is 82.3 Å². The highest BCUT2D eigenvalue weighted by molar-refractivity contribution is 5.41. The molecule has 0 bridgehead atoms. The summed E-state index contributed by atoms with van der Waals surface area (Å²) in [6.45, 7) is 0. The van der Waals surface area contributed by atoms with Gasteiger partial charge in [-0.3, -0.25) is 0 Å². The van der Waals surface area contributed by atoms with Gasteiger partial charge in [-0.1, -0.05) is 36.5 Å². The number of alkyl halides is 2. The van der Waals surface area contributed by atoms with Crippen LogP contribution in [0.2, 0.25) is 0 Å². The molecule has 2 atom stereocenters. The van der Waals surface area contributed by atoms with Crippen LogP contribution < -0.4 is 0 Å². The molecule has 2 rings (SSSR count). The second kappa shape index (κ2) is 3.91. The van der Waals surface area contributed by atoms with E-state index in [9.17, 15) is 8.78 Å². The molecule has 0 radical (unpaired) electrons. The molecule has 2 aliphatic carbocycles. The van der Waals surface area contributed by atoms with Crippen molar-refractivity contribution in [1.82, 2.24) is 0 Å². The van der Waals surface area contributed by atoms with Gasteiger partial charge in [0.1, 0.15) is 12.3 Å². The summed E-state index contributed by atoms with van der Waals surface area (Å²) < 4.78 is 26.0. The van der Waals surface area contributed by atoms with E-state index in [4.69, 9.17) is 0 Å². The third kappa shape index (κ3) is 2.00. The van der Waals surface area contributed by atoms with Crippen molar-refractivity contribution in [2.75, 3.05) is 0 Å². The Morgan fingerprint density at radius 2 is 1.29 bits per heavy atom. The Morgan fingerprint density at radius 1 is 0.857 bits per heavy atom. The zero-order valence-electron chi connectivity index (χ0n) is 7.79. The first-order valence-electron chi connectivity index (χ1n) is 4.79. The van der Waals surface area contributed by atoms with E-state index in [2.05, 4.69) is 0 Å². The smallest absolute Gasteiger partial charge is 0.123 e. The van der Waals surface area contributed by atoms with Gasteiger partial charge in [0.15, 0.2) is 0 Å². The highest BCUT2D eigenvalue weighted by atomic mass is 19.1. The fourth-order valence-corrected chi connectivity index (χ4v) is 1.75. The molecule has 0 fully saturated rings. The Balaban J connectivity index is 2.16. The summed E-state index contributed by atoms with van der Waals surface area (Å²) in [5.74, 6) is 0. The van der Waals surface area contributed by atoms with E-state index in [-0.39, 0.29) is 0 Å². The fraction of sp³-hybridized carbons (Fsp3) is 0.333. The summed E-state index contributed by atoms with van der Waals surface area (Å²) in [7, 11) is 0. The molecule has 0 heterocycles. The minimum absolute atomic E-state index is 0.378. The molecule has 0 unspecified atom stereocenters. The van der Waals surface area contributed by atoms with Crippen LogP contribution in [0.25, 0.3) is 0 Å². The standard InChI is InChI=1S/C12H12F2/c13-11-5-1-3-9(7-11)10-4-2-6-12(14)8-10/h1-6,11-12H,7-8H2/t11-,12+. The molecular weight excluding hydrogens is 182 g/mol. The van der Waals surface area contributed by atoms with Crippen LogP contribution >= 0.6 is 0 Å². The third-order valence-electron chi connectivity index (χ3n) is 2.48. The van der Waals surface area contributed by atoms with Gasteiger partial charge in [-0.05, 0) is 11.1 Å². The first-order valence-corrected chi connectivity index (χ1v) is 4.79. The van der Waals surface area contributed by atoms with Gasteiger partial charge in [-0.25, -0.2) is 8.78 Å². The van der Waals surface area contributed by atoms with E-state index in [1.165, 1.54) is 12.2 Å². The lowest BCUT2D eigenvalue weighted by molar-refractivity contribution is 0.382. The van der Waals surface area contributed by atoms with Crippen molar-refractivity contribution >= 4 is 0 Å². The van der Waals surface area contributed by atoms with E-state index in [0.717, 1.165) is 11.1 Å². The first-order chi connectivity index (χ1) is 6.75. The van der Waals surface area contributed by atoms with Crippen LogP contribution in [0, 0.1) is 0 Å². The molecule has 0 nitrogen and oxygen atoms in total. The van der Waals surface area contributed by atoms with E-state index >= 15 is 0 Å². The number of hydrogen-bond donors (Lipinski definition) is 0. The SMILES string of the molecule is F[C@@H]1C=CC=C(C2=CC=C[C@H](F)C2)C1. The molecule has 0 amide bonds. The molecule has 2 heteroatoms. The van der Waals surface area contributed by atoms with Crippen molar-refractivity contribution in [3.8, 4) is 0 Å². The Hall–Kier alpha value is -1.18. The van der Waals surface area contributed by atoms with Crippen molar-refractivity contribution in [3.63, 3.8) is 0 Å². The van der Waals surface area contributed by atoms with E-state index in [1.807, 2.05) is 12.2 Å². The average Bonchev–Trinajstić information content (AvgIpc) is 2.18. The van der Waals surface area contributed by atoms with Gasteiger partial charge in [0.2, 0.25) is 0 Å². The van der Waals surface area contributed by atoms with E-state index in [0.29, 0.717) is 12.8 Å². The van der Waals surface area contributed by atoms with Crippen LogP contribution in [-0.2, 0) is 0 Å². The van der Waals surface area contributed by atoms with Gasteiger partial charge < -0.3 is 0 Å². The molecule has 74 valence electrons. The van der Waals surface area contributed by atoms with E-state index < -0.39 is 12.3 Å². The molecule has 0 aromatic heterocycles. The van der Waals surface area contributed by atoms with E-state index in [1.54, 1.807) is 12.2 Å². The summed E-state index contributed by atoms with van der Waals surface area (Å²) in [4.78, 5) is 0. The van der Waals surface area contributed by atoms with Crippen LogP contribution in [-0.4, -0.2) is 12.3 Å². The second-order valence-electron chi connectivity index (χ2n) is 3.59. The molecule has 14 heavy (non-hydrogen) atoms. The number of hydrogen-bond acceptors (Lipinski definition) is 0. The van der Waals surface area contributed by atoms with Crippen molar-refractivity contribution in [1.29, 1.82) is 0 Å². The predicted molar refractivity (Wildman–Crippen MR) is 53.5 cm³/mol. The third-order valence-corrected chi connectivity index (χ3v) is 2.48. The lowest BCUT2D eigenvalue weighted by atomic mass is 9.90. The minimum atomic E-state index is -0.917. The Bertz CT molecular complexity index is 300. The lowest BCUT2D eigenvalue weighted by Gasteiger charge is -2.18. The van der Waals surface area contributed by atoms with Crippen LogP contribution in [0.5, 0.6) is 0 Å².